The summed E-state index contributed by atoms with van der Waals surface area (Å²) in [5, 5.41) is 18.3. The van der Waals surface area contributed by atoms with Gasteiger partial charge in [-0.1, -0.05) is 23.3 Å². The summed E-state index contributed by atoms with van der Waals surface area (Å²) in [7, 11) is 0. The molecule has 2 bridgehead atoms. The predicted octanol–water partition coefficient (Wildman–Crippen LogP) is 1.54. The molecule has 1 saturated carbocycles. The molecule has 2 aliphatic carbocycles. The third-order valence-corrected chi connectivity index (χ3v) is 3.55. The van der Waals surface area contributed by atoms with Crippen molar-refractivity contribution in [3.63, 3.8) is 0 Å². The van der Waals surface area contributed by atoms with E-state index in [2.05, 4.69) is 0 Å². The second-order valence-electron chi connectivity index (χ2n) is 4.62. The van der Waals surface area contributed by atoms with Crippen LogP contribution in [0.25, 0.3) is 0 Å². The molecule has 2 N–H and O–H groups in total. The minimum atomic E-state index is -1.01. The Labute approximate surface area is 93.3 Å². The number of carbonyl (C=O) groups is 2. The number of allylic oxidation sites excluding steroid dienone is 4. The molecule has 4 atom stereocenters. The fourth-order valence-electron chi connectivity index (χ4n) is 3.02. The van der Waals surface area contributed by atoms with Gasteiger partial charge in [-0.2, -0.15) is 0 Å². The molecule has 0 aromatic carbocycles. The first kappa shape index (κ1) is 10.9. The predicted molar refractivity (Wildman–Crippen MR) is 56.7 cm³/mol. The monoisotopic (exact) mass is 222 g/mol. The normalized spacial score (nSPS) is 35.5. The third-order valence-electron chi connectivity index (χ3n) is 3.55. The standard InChI is InChI=1S/C12H14O4/c1-5(2)8-6-3-4-7(8)10(12(15)16)9(6)11(13)14/h3-4,6-7,9-10H,1-2H3,(H,13,14)(H,15,16)/t6-,7+,9+,10-. The molecule has 0 aliphatic heterocycles. The minimum Gasteiger partial charge on any atom is -0.481 e. The van der Waals surface area contributed by atoms with Crippen molar-refractivity contribution in [2.45, 2.75) is 13.8 Å². The lowest BCUT2D eigenvalue weighted by atomic mass is 9.83. The zero-order chi connectivity index (χ0) is 12.0. The van der Waals surface area contributed by atoms with Crippen LogP contribution in [0.3, 0.4) is 0 Å². The Morgan fingerprint density at radius 1 is 1.00 bits per heavy atom. The summed E-state index contributed by atoms with van der Waals surface area (Å²) in [4.78, 5) is 22.3. The Kier molecular flexibility index (Phi) is 2.37. The summed E-state index contributed by atoms with van der Waals surface area (Å²) in [6.45, 7) is 3.82. The Morgan fingerprint density at radius 3 is 1.62 bits per heavy atom. The Bertz CT molecular complexity index is 383. The van der Waals surface area contributed by atoms with Crippen LogP contribution in [0.15, 0.2) is 23.3 Å². The highest BCUT2D eigenvalue weighted by Gasteiger charge is 2.55. The van der Waals surface area contributed by atoms with Gasteiger partial charge in [-0.3, -0.25) is 9.59 Å². The van der Waals surface area contributed by atoms with Crippen molar-refractivity contribution in [1.82, 2.24) is 0 Å². The van der Waals surface area contributed by atoms with Gasteiger partial charge < -0.3 is 10.2 Å². The average molecular weight is 222 g/mol. The van der Waals surface area contributed by atoms with Gasteiger partial charge in [0.2, 0.25) is 0 Å². The number of hydrogen-bond donors (Lipinski definition) is 2. The van der Waals surface area contributed by atoms with E-state index in [0.717, 1.165) is 11.1 Å². The van der Waals surface area contributed by atoms with Gasteiger partial charge >= 0.3 is 11.9 Å². The van der Waals surface area contributed by atoms with E-state index < -0.39 is 23.8 Å². The highest BCUT2D eigenvalue weighted by molar-refractivity contribution is 5.84. The molecule has 2 aliphatic rings. The maximum absolute atomic E-state index is 11.2. The molecule has 0 saturated heterocycles. The molecule has 0 heterocycles. The summed E-state index contributed by atoms with van der Waals surface area (Å²) in [5.74, 6) is -4.09. The van der Waals surface area contributed by atoms with Crippen LogP contribution in [0.1, 0.15) is 13.8 Å². The molecule has 0 amide bonds. The first-order chi connectivity index (χ1) is 7.45. The fourth-order valence-corrected chi connectivity index (χ4v) is 3.02. The number of hydrogen-bond acceptors (Lipinski definition) is 2. The van der Waals surface area contributed by atoms with Crippen molar-refractivity contribution >= 4 is 11.9 Å². The number of carboxylic acid groups (broad SMARTS) is 2. The topological polar surface area (TPSA) is 74.6 Å². The van der Waals surface area contributed by atoms with Crippen molar-refractivity contribution in [3.8, 4) is 0 Å². The number of rotatable bonds is 2. The molecule has 0 radical (unpaired) electrons. The zero-order valence-corrected chi connectivity index (χ0v) is 9.18. The summed E-state index contributed by atoms with van der Waals surface area (Å²) in [6.07, 6.45) is 3.68. The van der Waals surface area contributed by atoms with Gasteiger partial charge in [-0.15, -0.1) is 0 Å². The minimum absolute atomic E-state index is 0.228. The SMILES string of the molecule is CC(C)=C1[C@H]2C=C[C@@H]1[C@@H](C(=O)O)[C@H]2C(=O)O. The molecule has 2 rings (SSSR count). The number of fused-ring (bicyclic) bond motifs is 2. The van der Waals surface area contributed by atoms with Crippen LogP contribution >= 0.6 is 0 Å². The van der Waals surface area contributed by atoms with Crippen LogP contribution in [-0.4, -0.2) is 22.2 Å². The Morgan fingerprint density at radius 2 is 1.38 bits per heavy atom. The Balaban J connectivity index is 2.50. The van der Waals surface area contributed by atoms with E-state index in [-0.39, 0.29) is 11.8 Å². The fraction of sp³-hybridized carbons (Fsp3) is 0.500. The summed E-state index contributed by atoms with van der Waals surface area (Å²) < 4.78 is 0. The highest BCUT2D eigenvalue weighted by Crippen LogP contribution is 2.53. The molecule has 4 nitrogen and oxygen atoms in total. The zero-order valence-electron chi connectivity index (χ0n) is 9.18. The van der Waals surface area contributed by atoms with E-state index >= 15 is 0 Å². The van der Waals surface area contributed by atoms with E-state index in [1.807, 2.05) is 26.0 Å². The molecular weight excluding hydrogens is 208 g/mol. The largest absolute Gasteiger partial charge is 0.481 e. The van der Waals surface area contributed by atoms with E-state index in [1.165, 1.54) is 0 Å². The molecular formula is C12H14O4. The summed E-state index contributed by atoms with van der Waals surface area (Å²) in [5.41, 5.74) is 2.02. The second-order valence-corrected chi connectivity index (χ2v) is 4.62. The van der Waals surface area contributed by atoms with Crippen molar-refractivity contribution in [1.29, 1.82) is 0 Å². The maximum Gasteiger partial charge on any atom is 0.308 e. The van der Waals surface area contributed by atoms with Gasteiger partial charge in [0.15, 0.2) is 0 Å². The van der Waals surface area contributed by atoms with Gasteiger partial charge in [-0.25, -0.2) is 0 Å². The molecule has 0 aromatic heterocycles. The number of aliphatic carboxylic acids is 2. The third kappa shape index (κ3) is 1.29. The lowest BCUT2D eigenvalue weighted by Crippen LogP contribution is -2.32. The van der Waals surface area contributed by atoms with E-state index in [0.29, 0.717) is 0 Å². The van der Waals surface area contributed by atoms with Gasteiger partial charge in [0, 0.05) is 11.8 Å². The molecule has 0 unspecified atom stereocenters. The molecule has 1 fully saturated rings. The van der Waals surface area contributed by atoms with Crippen LogP contribution < -0.4 is 0 Å². The average Bonchev–Trinajstić information content (AvgIpc) is 2.70. The van der Waals surface area contributed by atoms with Gasteiger partial charge in [-0.05, 0) is 13.8 Å². The van der Waals surface area contributed by atoms with E-state index in [1.54, 1.807) is 0 Å². The molecule has 0 aromatic rings. The van der Waals surface area contributed by atoms with Crippen LogP contribution in [0.5, 0.6) is 0 Å². The Hall–Kier alpha value is -1.58. The highest BCUT2D eigenvalue weighted by atomic mass is 16.4. The lowest BCUT2D eigenvalue weighted by Gasteiger charge is -2.19. The first-order valence-corrected chi connectivity index (χ1v) is 5.26. The van der Waals surface area contributed by atoms with Crippen molar-refractivity contribution < 1.29 is 19.8 Å². The van der Waals surface area contributed by atoms with Crippen molar-refractivity contribution in [2.75, 3.05) is 0 Å². The smallest absolute Gasteiger partial charge is 0.308 e. The van der Waals surface area contributed by atoms with Gasteiger partial charge in [0.1, 0.15) is 0 Å². The van der Waals surface area contributed by atoms with E-state index in [4.69, 9.17) is 10.2 Å². The maximum atomic E-state index is 11.2. The van der Waals surface area contributed by atoms with Crippen LogP contribution in [0, 0.1) is 23.7 Å². The van der Waals surface area contributed by atoms with Crippen LogP contribution in [0.2, 0.25) is 0 Å². The summed E-state index contributed by atoms with van der Waals surface area (Å²) >= 11 is 0. The quantitative estimate of drug-likeness (QED) is 0.695. The summed E-state index contributed by atoms with van der Waals surface area (Å²) in [6, 6.07) is 0. The molecule has 0 spiro atoms. The van der Waals surface area contributed by atoms with Crippen LogP contribution in [-0.2, 0) is 9.59 Å². The molecule has 86 valence electrons. The van der Waals surface area contributed by atoms with Gasteiger partial charge in [0.25, 0.3) is 0 Å². The lowest BCUT2D eigenvalue weighted by molar-refractivity contribution is -0.154. The molecule has 16 heavy (non-hydrogen) atoms. The van der Waals surface area contributed by atoms with Crippen molar-refractivity contribution in [3.05, 3.63) is 23.3 Å². The number of carboxylic acids is 2. The second kappa shape index (κ2) is 3.47. The van der Waals surface area contributed by atoms with Gasteiger partial charge in [0.05, 0.1) is 11.8 Å². The first-order valence-electron chi connectivity index (χ1n) is 5.26. The van der Waals surface area contributed by atoms with Crippen molar-refractivity contribution in [2.24, 2.45) is 23.7 Å². The van der Waals surface area contributed by atoms with Crippen LogP contribution in [0.4, 0.5) is 0 Å². The van der Waals surface area contributed by atoms with E-state index in [9.17, 15) is 9.59 Å². The molecule has 4 heteroatoms.